The predicted molar refractivity (Wildman–Crippen MR) is 251 cm³/mol. The van der Waals surface area contributed by atoms with Crippen molar-refractivity contribution in [2.45, 2.75) is 13.1 Å². The highest BCUT2D eigenvalue weighted by molar-refractivity contribution is 6.70. The summed E-state index contributed by atoms with van der Waals surface area (Å²) in [5.41, 5.74) is 14.3. The van der Waals surface area contributed by atoms with Gasteiger partial charge in [0.25, 0.3) is 0 Å². The largest absolute Gasteiger partial charge is 0.309 e. The average Bonchev–Trinajstić information content (AvgIpc) is 3.82. The third kappa shape index (κ3) is 6.06. The number of benzene rings is 8. The van der Waals surface area contributed by atoms with Crippen molar-refractivity contribution in [1.29, 1.82) is 0 Å². The van der Waals surface area contributed by atoms with Crippen LogP contribution in [0, 0.1) is 0 Å². The summed E-state index contributed by atoms with van der Waals surface area (Å²) >= 11 is 0. The van der Waals surface area contributed by atoms with E-state index in [1.54, 1.807) is 0 Å². The Kier molecular flexibility index (Phi) is 8.42. The van der Waals surface area contributed by atoms with Crippen molar-refractivity contribution in [3.63, 3.8) is 0 Å². The van der Waals surface area contributed by atoms with Gasteiger partial charge in [0.15, 0.2) is 5.82 Å². The molecule has 5 heteroatoms. The number of rotatable bonds is 7. The zero-order chi connectivity index (χ0) is 39.5. The molecule has 0 spiro atoms. The summed E-state index contributed by atoms with van der Waals surface area (Å²) in [6.45, 7) is 4.77. The van der Waals surface area contributed by atoms with Crippen molar-refractivity contribution in [2.24, 2.45) is 0 Å². The Bertz CT molecular complexity index is 3290. The molecule has 3 heterocycles. The summed E-state index contributed by atoms with van der Waals surface area (Å²) < 4.78 is 4.82. The Hall–Kier alpha value is -7.34. The third-order valence-corrected chi connectivity index (χ3v) is 13.4. The van der Waals surface area contributed by atoms with Crippen molar-refractivity contribution in [3.8, 4) is 56.4 Å². The Morgan fingerprint density at radius 2 is 0.881 bits per heavy atom. The van der Waals surface area contributed by atoms with E-state index in [1.165, 1.54) is 60.1 Å². The quantitative estimate of drug-likeness (QED) is 0.151. The van der Waals surface area contributed by atoms with Gasteiger partial charge >= 0.3 is 0 Å². The summed E-state index contributed by atoms with van der Waals surface area (Å²) in [7, 11) is -0.881. The van der Waals surface area contributed by atoms with Gasteiger partial charge < -0.3 is 9.13 Å². The van der Waals surface area contributed by atoms with E-state index in [0.717, 1.165) is 39.3 Å². The van der Waals surface area contributed by atoms with E-state index in [-0.39, 0.29) is 0 Å². The Morgan fingerprint density at radius 1 is 0.339 bits per heavy atom. The molecule has 0 aliphatic carbocycles. The maximum atomic E-state index is 5.16. The molecule has 0 atom stereocenters. The van der Waals surface area contributed by atoms with Gasteiger partial charge in [0.05, 0.1) is 42.3 Å². The molecule has 0 aliphatic heterocycles. The number of aromatic nitrogens is 4. The second-order valence-corrected chi connectivity index (χ2v) is 18.6. The van der Waals surface area contributed by atoms with Crippen LogP contribution in [0.3, 0.4) is 0 Å². The molecule has 0 radical (unpaired) electrons. The minimum atomic E-state index is -0.881. The van der Waals surface area contributed by atoms with Gasteiger partial charge in [0.1, 0.15) is 0 Å². The summed E-state index contributed by atoms with van der Waals surface area (Å²) in [6.07, 6.45) is 0. The van der Waals surface area contributed by atoms with Crippen LogP contribution in [0.4, 0.5) is 0 Å². The maximum Gasteiger partial charge on any atom is 0.160 e. The smallest absolute Gasteiger partial charge is 0.160 e. The van der Waals surface area contributed by atoms with E-state index in [2.05, 4.69) is 198 Å². The van der Waals surface area contributed by atoms with Crippen LogP contribution in [0.25, 0.3) is 100 Å². The standard InChI is InChI=1S/C54H40N4Si/c1-59(2)43-28-26-41(27-29-43)57-51-23-12-10-21-45(51)47-33-38(25-31-52(47)57)39-24-30-46-44-20-9-11-22-50(44)58(53(46)34-39)42-19-13-18-40(32-42)49-35-48(36-14-5-3-6-15-36)55-54(56-49)37-16-7-4-8-17-37/h3-35,59H,1-2H3. The van der Waals surface area contributed by atoms with Crippen molar-refractivity contribution >= 4 is 57.6 Å². The van der Waals surface area contributed by atoms with Gasteiger partial charge in [-0.2, -0.15) is 0 Å². The molecule has 280 valence electrons. The second-order valence-electron chi connectivity index (χ2n) is 15.7. The Balaban J connectivity index is 1.06. The molecule has 0 aliphatic rings. The van der Waals surface area contributed by atoms with Crippen LogP contribution >= 0.6 is 0 Å². The van der Waals surface area contributed by atoms with E-state index >= 15 is 0 Å². The lowest BCUT2D eigenvalue weighted by molar-refractivity contribution is 1.16. The van der Waals surface area contributed by atoms with Crippen molar-refractivity contribution in [2.75, 3.05) is 0 Å². The van der Waals surface area contributed by atoms with E-state index in [9.17, 15) is 0 Å². The van der Waals surface area contributed by atoms with Gasteiger partial charge in [-0.3, -0.25) is 0 Å². The molecule has 11 rings (SSSR count). The van der Waals surface area contributed by atoms with Gasteiger partial charge in [-0.1, -0.05) is 158 Å². The van der Waals surface area contributed by atoms with Gasteiger partial charge in [0, 0.05) is 49.6 Å². The molecule has 4 nitrogen and oxygen atoms in total. The first kappa shape index (κ1) is 34.9. The Morgan fingerprint density at radius 3 is 1.59 bits per heavy atom. The molecule has 0 amide bonds. The zero-order valence-corrected chi connectivity index (χ0v) is 34.1. The molecule has 3 aromatic heterocycles. The van der Waals surface area contributed by atoms with Gasteiger partial charge in [-0.15, -0.1) is 0 Å². The van der Waals surface area contributed by atoms with Crippen LogP contribution in [0.1, 0.15) is 0 Å². The highest BCUT2D eigenvalue weighted by Crippen LogP contribution is 2.39. The van der Waals surface area contributed by atoms with Crippen molar-refractivity contribution in [3.05, 3.63) is 200 Å². The molecule has 11 aromatic rings. The molecule has 0 saturated carbocycles. The summed E-state index contributed by atoms with van der Waals surface area (Å²) in [5, 5.41) is 6.45. The normalized spacial score (nSPS) is 11.7. The molecular weight excluding hydrogens is 733 g/mol. The molecule has 0 N–H and O–H groups in total. The lowest BCUT2D eigenvalue weighted by Gasteiger charge is -2.13. The van der Waals surface area contributed by atoms with Crippen LogP contribution in [0.5, 0.6) is 0 Å². The van der Waals surface area contributed by atoms with Crippen molar-refractivity contribution in [1.82, 2.24) is 19.1 Å². The number of para-hydroxylation sites is 2. The topological polar surface area (TPSA) is 35.6 Å². The molecule has 0 unspecified atom stereocenters. The molecule has 0 saturated heterocycles. The minimum Gasteiger partial charge on any atom is -0.309 e. The molecular formula is C54H40N4Si. The second kappa shape index (κ2) is 14.2. The monoisotopic (exact) mass is 772 g/mol. The SMILES string of the molecule is C[SiH](C)c1ccc(-n2c3ccccc3c3cc(-c4ccc5c6ccccc6n(-c6cccc(-c7cc(-c8ccccc8)nc(-c8ccccc8)n7)c6)c5c4)ccc32)cc1. The van der Waals surface area contributed by atoms with Gasteiger partial charge in [0.2, 0.25) is 0 Å². The van der Waals surface area contributed by atoms with Crippen LogP contribution < -0.4 is 5.19 Å². The highest BCUT2D eigenvalue weighted by Gasteiger charge is 2.18. The van der Waals surface area contributed by atoms with E-state index in [0.29, 0.717) is 5.82 Å². The van der Waals surface area contributed by atoms with E-state index in [4.69, 9.17) is 9.97 Å². The fourth-order valence-corrected chi connectivity index (χ4v) is 9.70. The first-order valence-electron chi connectivity index (χ1n) is 20.4. The Labute approximate surface area is 344 Å². The lowest BCUT2D eigenvalue weighted by Crippen LogP contribution is -2.21. The van der Waals surface area contributed by atoms with Crippen LogP contribution in [0.2, 0.25) is 13.1 Å². The van der Waals surface area contributed by atoms with Gasteiger partial charge in [-0.05, 0) is 71.8 Å². The first-order chi connectivity index (χ1) is 29.1. The predicted octanol–water partition coefficient (Wildman–Crippen LogP) is 13.0. The van der Waals surface area contributed by atoms with Crippen LogP contribution in [-0.4, -0.2) is 27.9 Å². The highest BCUT2D eigenvalue weighted by atomic mass is 28.3. The number of hydrogen-bond acceptors (Lipinski definition) is 2. The fourth-order valence-electron chi connectivity index (χ4n) is 8.74. The maximum absolute atomic E-state index is 5.16. The number of hydrogen-bond donors (Lipinski definition) is 0. The molecule has 59 heavy (non-hydrogen) atoms. The fraction of sp³-hybridized carbons (Fsp3) is 0.0370. The summed E-state index contributed by atoms with van der Waals surface area (Å²) in [5.74, 6) is 0.708. The molecule has 8 aromatic carbocycles. The van der Waals surface area contributed by atoms with Crippen LogP contribution in [-0.2, 0) is 0 Å². The number of fused-ring (bicyclic) bond motifs is 6. The average molecular weight is 773 g/mol. The minimum absolute atomic E-state index is 0.708. The third-order valence-electron chi connectivity index (χ3n) is 11.7. The zero-order valence-electron chi connectivity index (χ0n) is 32.9. The summed E-state index contributed by atoms with van der Waals surface area (Å²) in [4.78, 5) is 10.2. The van der Waals surface area contributed by atoms with E-state index < -0.39 is 8.80 Å². The molecule has 0 fully saturated rings. The molecule has 0 bridgehead atoms. The first-order valence-corrected chi connectivity index (χ1v) is 23.2. The van der Waals surface area contributed by atoms with E-state index in [1.807, 2.05) is 24.3 Å². The van der Waals surface area contributed by atoms with Crippen LogP contribution in [0.15, 0.2) is 200 Å². The lowest BCUT2D eigenvalue weighted by atomic mass is 10.0. The van der Waals surface area contributed by atoms with Crippen molar-refractivity contribution < 1.29 is 0 Å². The van der Waals surface area contributed by atoms with Gasteiger partial charge in [-0.25, -0.2) is 9.97 Å². The number of nitrogens with zero attached hydrogens (tertiary/aromatic N) is 4. The summed E-state index contributed by atoms with van der Waals surface area (Å²) in [6, 6.07) is 72.1.